The van der Waals surface area contributed by atoms with Gasteiger partial charge in [-0.1, -0.05) is 296 Å². The van der Waals surface area contributed by atoms with Crippen LogP contribution in [-0.4, -0.2) is 37.2 Å². The van der Waals surface area contributed by atoms with E-state index < -0.39 is 12.1 Å². The highest BCUT2D eigenvalue weighted by molar-refractivity contribution is 5.72. The van der Waals surface area contributed by atoms with Crippen LogP contribution in [0.15, 0.2) is 122 Å². The molecule has 0 saturated carbocycles. The Hall–Kier alpha value is -4.19. The second-order valence-corrected chi connectivity index (χ2v) is 20.6. The third kappa shape index (κ3) is 60.7. The Morgan fingerprint density at radius 2 is 0.566 bits per heavy atom. The second kappa shape index (κ2) is 63.3. The fourth-order valence-electron chi connectivity index (χ4n) is 8.60. The van der Waals surface area contributed by atoms with Gasteiger partial charge in [-0.25, -0.2) is 0 Å². The third-order valence-corrected chi connectivity index (χ3v) is 13.2. The summed E-state index contributed by atoms with van der Waals surface area (Å²) < 4.78 is 16.8. The van der Waals surface area contributed by atoms with E-state index in [2.05, 4.69) is 130 Å². The maximum atomic E-state index is 12.9. The van der Waals surface area contributed by atoms with Crippen LogP contribution in [0.5, 0.6) is 0 Å². The Bertz CT molecular complexity index is 1590. The van der Waals surface area contributed by atoms with Gasteiger partial charge in [0.1, 0.15) is 13.2 Å². The van der Waals surface area contributed by atoms with Crippen molar-refractivity contribution in [2.45, 2.75) is 290 Å². The van der Waals surface area contributed by atoms with Crippen LogP contribution in [0.4, 0.5) is 0 Å². The number of unbranched alkanes of at least 4 members (excludes halogenated alkanes) is 26. The molecule has 0 aliphatic carbocycles. The zero-order valence-electron chi connectivity index (χ0n) is 49.5. The molecule has 0 aromatic heterocycles. The Labute approximate surface area is 469 Å². The van der Waals surface area contributed by atoms with Crippen LogP contribution in [-0.2, 0) is 28.6 Å². The molecule has 0 bridgehead atoms. The molecule has 0 spiro atoms. The SMILES string of the molecule is CC/C=C\C/C=C\C/C=C\C/C=C\C/C=C\CCCCCCCCCCCCCC(=O)OCC(COC(=O)C/C=C\C/C=C\C/C=C\C/C=C\C/C=C\CC)OC(=O)CCCCCCCCCCCCCCCCCC. The predicted molar refractivity (Wildman–Crippen MR) is 330 cm³/mol. The van der Waals surface area contributed by atoms with E-state index >= 15 is 0 Å². The van der Waals surface area contributed by atoms with Gasteiger partial charge in [0, 0.05) is 12.8 Å². The fraction of sp³-hybridized carbons (Fsp3) is 0.671. The molecule has 0 aliphatic rings. The van der Waals surface area contributed by atoms with Crippen LogP contribution in [0.3, 0.4) is 0 Å². The monoisotopic (exact) mass is 1050 g/mol. The van der Waals surface area contributed by atoms with Crippen molar-refractivity contribution in [2.24, 2.45) is 0 Å². The van der Waals surface area contributed by atoms with Gasteiger partial charge in [-0.2, -0.15) is 0 Å². The van der Waals surface area contributed by atoms with Crippen LogP contribution >= 0.6 is 0 Å². The lowest BCUT2D eigenvalue weighted by molar-refractivity contribution is -0.166. The number of allylic oxidation sites excluding steroid dienone is 19. The minimum atomic E-state index is -0.821. The number of carbonyl (C=O) groups is 3. The van der Waals surface area contributed by atoms with Crippen LogP contribution in [0, 0.1) is 0 Å². The summed E-state index contributed by atoms with van der Waals surface area (Å²) in [7, 11) is 0. The predicted octanol–water partition coefficient (Wildman–Crippen LogP) is 21.6. The summed E-state index contributed by atoms with van der Waals surface area (Å²) in [5.74, 6) is -1.04. The Morgan fingerprint density at radius 3 is 0.921 bits per heavy atom. The third-order valence-electron chi connectivity index (χ3n) is 13.2. The summed E-state index contributed by atoms with van der Waals surface area (Å²) in [6.45, 7) is 6.34. The maximum Gasteiger partial charge on any atom is 0.309 e. The highest BCUT2D eigenvalue weighted by Crippen LogP contribution is 2.16. The van der Waals surface area contributed by atoms with Crippen molar-refractivity contribution in [2.75, 3.05) is 13.2 Å². The van der Waals surface area contributed by atoms with Crippen molar-refractivity contribution < 1.29 is 28.6 Å². The van der Waals surface area contributed by atoms with E-state index in [0.29, 0.717) is 12.8 Å². The van der Waals surface area contributed by atoms with Crippen LogP contribution in [0.25, 0.3) is 0 Å². The first-order valence-electron chi connectivity index (χ1n) is 31.5. The lowest BCUT2D eigenvalue weighted by Gasteiger charge is -2.18. The summed E-state index contributed by atoms with van der Waals surface area (Å²) >= 11 is 0. The molecule has 0 aromatic carbocycles. The molecule has 0 N–H and O–H groups in total. The average Bonchev–Trinajstić information content (AvgIpc) is 3.42. The van der Waals surface area contributed by atoms with Gasteiger partial charge in [-0.05, 0) is 89.9 Å². The highest BCUT2D eigenvalue weighted by atomic mass is 16.6. The van der Waals surface area contributed by atoms with Gasteiger partial charge in [0.05, 0.1) is 6.42 Å². The van der Waals surface area contributed by atoms with E-state index in [1.165, 1.54) is 141 Å². The molecule has 1 unspecified atom stereocenters. The standard InChI is InChI=1S/C70H116O6/c1-4-7-10-13-16-19-22-25-28-30-31-32-33-34-35-36-37-38-39-40-43-45-48-51-54-57-60-63-69(72)75-66-67(65-74-68(71)62-59-56-53-50-47-44-41-27-24-21-18-15-12-9-6-3)76-70(73)64-61-58-55-52-49-46-42-29-26-23-20-17-14-11-8-5-2/h7,9-10,12,16,18-19,21,25,27-28,31-32,34-35,41,47,50,56,59,67H,4-6,8,11,13-15,17,20,22-24,26,29-30,33,36-40,42-46,48-49,51-55,57-58,60-66H2,1-3H3/b10-7-,12-9-,19-16-,21-18-,28-25-,32-31-,35-34-,41-27-,50-47-,59-56-. The zero-order valence-corrected chi connectivity index (χ0v) is 49.5. The minimum absolute atomic E-state index is 0.109. The van der Waals surface area contributed by atoms with Crippen molar-refractivity contribution in [3.8, 4) is 0 Å². The number of hydrogen-bond donors (Lipinski definition) is 0. The number of rotatable bonds is 56. The highest BCUT2D eigenvalue weighted by Gasteiger charge is 2.19. The molecule has 6 nitrogen and oxygen atoms in total. The molecule has 432 valence electrons. The summed E-state index contributed by atoms with van der Waals surface area (Å²) in [5.41, 5.74) is 0. The van der Waals surface area contributed by atoms with Crippen molar-refractivity contribution in [3.05, 3.63) is 122 Å². The summed E-state index contributed by atoms with van der Waals surface area (Å²) in [5, 5.41) is 0. The molecular weight excluding hydrogens is 937 g/mol. The number of hydrogen-bond acceptors (Lipinski definition) is 6. The fourth-order valence-corrected chi connectivity index (χ4v) is 8.60. The second-order valence-electron chi connectivity index (χ2n) is 20.6. The van der Waals surface area contributed by atoms with Gasteiger partial charge in [-0.15, -0.1) is 0 Å². The quantitative estimate of drug-likeness (QED) is 0.0261. The molecule has 0 heterocycles. The maximum absolute atomic E-state index is 12.9. The molecule has 0 saturated heterocycles. The lowest BCUT2D eigenvalue weighted by atomic mass is 10.0. The Kier molecular flexibility index (Phi) is 59.9. The van der Waals surface area contributed by atoms with E-state index in [-0.39, 0.29) is 31.6 Å². The van der Waals surface area contributed by atoms with Crippen molar-refractivity contribution in [1.29, 1.82) is 0 Å². The minimum Gasteiger partial charge on any atom is -0.462 e. The van der Waals surface area contributed by atoms with Gasteiger partial charge < -0.3 is 14.2 Å². The molecular formula is C70H116O6. The van der Waals surface area contributed by atoms with Crippen LogP contribution in [0.2, 0.25) is 0 Å². The van der Waals surface area contributed by atoms with Gasteiger partial charge in [-0.3, -0.25) is 14.4 Å². The first kappa shape index (κ1) is 71.8. The first-order chi connectivity index (χ1) is 37.5. The van der Waals surface area contributed by atoms with Gasteiger partial charge >= 0.3 is 17.9 Å². The normalized spacial score (nSPS) is 12.9. The number of carbonyl (C=O) groups excluding carboxylic acids is 3. The largest absolute Gasteiger partial charge is 0.462 e. The van der Waals surface area contributed by atoms with E-state index in [1.54, 1.807) is 6.08 Å². The van der Waals surface area contributed by atoms with Crippen LogP contribution in [0.1, 0.15) is 284 Å². The zero-order chi connectivity index (χ0) is 55.0. The smallest absolute Gasteiger partial charge is 0.309 e. The average molecular weight is 1050 g/mol. The molecule has 1 atom stereocenters. The molecule has 0 fully saturated rings. The molecule has 0 rings (SSSR count). The Morgan fingerprint density at radius 1 is 0.289 bits per heavy atom. The summed E-state index contributed by atoms with van der Waals surface area (Å²) in [6.07, 6.45) is 88.0. The molecule has 76 heavy (non-hydrogen) atoms. The molecule has 0 amide bonds. The van der Waals surface area contributed by atoms with Crippen molar-refractivity contribution in [1.82, 2.24) is 0 Å². The van der Waals surface area contributed by atoms with E-state index in [9.17, 15) is 14.4 Å². The van der Waals surface area contributed by atoms with Crippen molar-refractivity contribution >= 4 is 17.9 Å². The van der Waals surface area contributed by atoms with E-state index in [1.807, 2.05) is 6.08 Å². The summed E-state index contributed by atoms with van der Waals surface area (Å²) in [4.78, 5) is 38.2. The Balaban J connectivity index is 4.38. The number of ether oxygens (including phenoxy) is 3. The van der Waals surface area contributed by atoms with Gasteiger partial charge in [0.25, 0.3) is 0 Å². The van der Waals surface area contributed by atoms with Gasteiger partial charge in [0.2, 0.25) is 0 Å². The molecule has 0 radical (unpaired) electrons. The first-order valence-corrected chi connectivity index (χ1v) is 31.5. The summed E-state index contributed by atoms with van der Waals surface area (Å²) in [6, 6.07) is 0. The topological polar surface area (TPSA) is 78.9 Å². The molecule has 0 aliphatic heterocycles. The van der Waals surface area contributed by atoms with Crippen LogP contribution < -0.4 is 0 Å². The molecule has 0 aromatic rings. The van der Waals surface area contributed by atoms with E-state index in [4.69, 9.17) is 14.2 Å². The van der Waals surface area contributed by atoms with Gasteiger partial charge in [0.15, 0.2) is 6.10 Å². The lowest BCUT2D eigenvalue weighted by Crippen LogP contribution is -2.30. The molecule has 6 heteroatoms. The van der Waals surface area contributed by atoms with E-state index in [0.717, 1.165) is 103 Å². The van der Waals surface area contributed by atoms with Crippen molar-refractivity contribution in [3.63, 3.8) is 0 Å². The number of esters is 3.